The van der Waals surface area contributed by atoms with E-state index in [1.165, 1.54) is 13.8 Å². The van der Waals surface area contributed by atoms with Crippen LogP contribution in [0.3, 0.4) is 0 Å². The number of aliphatic hydroxyl groups is 1. The van der Waals surface area contributed by atoms with Gasteiger partial charge in [-0.15, -0.1) is 0 Å². The lowest BCUT2D eigenvalue weighted by atomic mass is 9.94. The molecule has 1 aromatic carbocycles. The number of hydrogen-bond acceptors (Lipinski definition) is 4. The van der Waals surface area contributed by atoms with E-state index in [9.17, 15) is 14.7 Å². The van der Waals surface area contributed by atoms with Crippen molar-refractivity contribution < 1.29 is 24.5 Å². The maximum Gasteiger partial charge on any atom is 0.341 e. The highest BCUT2D eigenvalue weighted by molar-refractivity contribution is 6.02. The Morgan fingerprint density at radius 3 is 2.05 bits per heavy atom. The highest BCUT2D eigenvalue weighted by Gasteiger charge is 2.26. The minimum absolute atomic E-state index is 0.380. The fraction of sp³-hybridized carbons (Fsp3) is 0.429. The average molecular weight is 266 g/mol. The molecule has 0 saturated heterocycles. The smallest absolute Gasteiger partial charge is 0.341 e. The number of aliphatic carboxylic acids is 1. The molecule has 5 nitrogen and oxygen atoms in total. The van der Waals surface area contributed by atoms with Crippen molar-refractivity contribution in [2.45, 2.75) is 33.3 Å². The Kier molecular flexibility index (Phi) is 4.32. The fourth-order valence-electron chi connectivity index (χ4n) is 1.80. The zero-order valence-corrected chi connectivity index (χ0v) is 11.5. The van der Waals surface area contributed by atoms with Gasteiger partial charge in [-0.2, -0.15) is 0 Å². The summed E-state index contributed by atoms with van der Waals surface area (Å²) in [6.07, 6.45) is 0. The van der Waals surface area contributed by atoms with Gasteiger partial charge in [0, 0.05) is 5.56 Å². The molecular formula is C14H18O5. The molecular weight excluding hydrogens is 248 g/mol. The van der Waals surface area contributed by atoms with Crippen molar-refractivity contribution in [2.24, 2.45) is 0 Å². The van der Waals surface area contributed by atoms with Gasteiger partial charge >= 0.3 is 5.97 Å². The molecule has 0 bridgehead atoms. The summed E-state index contributed by atoms with van der Waals surface area (Å²) >= 11 is 0. The van der Waals surface area contributed by atoms with Crippen molar-refractivity contribution in [1.82, 2.24) is 0 Å². The lowest BCUT2D eigenvalue weighted by molar-refractivity contribution is -0.139. The molecule has 0 atom stereocenters. The molecule has 0 aromatic heterocycles. The van der Waals surface area contributed by atoms with E-state index in [0.717, 1.165) is 0 Å². The first-order valence-corrected chi connectivity index (χ1v) is 5.86. The van der Waals surface area contributed by atoms with Gasteiger partial charge in [0.05, 0.1) is 0 Å². The van der Waals surface area contributed by atoms with Crippen molar-refractivity contribution in [3.05, 3.63) is 28.8 Å². The third-order valence-corrected chi connectivity index (χ3v) is 2.62. The van der Waals surface area contributed by atoms with Crippen LogP contribution >= 0.6 is 0 Å². The van der Waals surface area contributed by atoms with Crippen LogP contribution in [0.1, 0.15) is 35.3 Å². The molecule has 0 heterocycles. The van der Waals surface area contributed by atoms with Crippen LogP contribution in [0.5, 0.6) is 5.75 Å². The van der Waals surface area contributed by atoms with E-state index in [2.05, 4.69) is 0 Å². The summed E-state index contributed by atoms with van der Waals surface area (Å²) in [5, 5.41) is 18.3. The van der Waals surface area contributed by atoms with Crippen LogP contribution in [0, 0.1) is 13.8 Å². The zero-order chi connectivity index (χ0) is 14.8. The molecule has 0 unspecified atom stereocenters. The number of Topliss-reactive ketones (excluding diaryl/α,β-unsaturated/α-hetero) is 1. The molecule has 0 saturated carbocycles. The standard InChI is InChI=1S/C14H18O5/c1-8-5-10(13(17)14(3,4)18)6-9(2)12(8)19-7-11(15)16/h5-6,18H,7H2,1-4H3,(H,15,16). The summed E-state index contributed by atoms with van der Waals surface area (Å²) in [5.74, 6) is -0.992. The number of ketones is 1. The first-order chi connectivity index (χ1) is 8.62. The second-order valence-corrected chi connectivity index (χ2v) is 5.01. The number of hydrogen-bond donors (Lipinski definition) is 2. The lowest BCUT2D eigenvalue weighted by Crippen LogP contribution is -2.31. The number of carboxylic acids is 1. The predicted molar refractivity (Wildman–Crippen MR) is 69.7 cm³/mol. The van der Waals surface area contributed by atoms with E-state index in [0.29, 0.717) is 22.4 Å². The molecule has 0 radical (unpaired) electrons. The third-order valence-electron chi connectivity index (χ3n) is 2.62. The highest BCUT2D eigenvalue weighted by atomic mass is 16.5. The fourth-order valence-corrected chi connectivity index (χ4v) is 1.80. The first-order valence-electron chi connectivity index (χ1n) is 5.86. The monoisotopic (exact) mass is 266 g/mol. The number of rotatable bonds is 5. The third kappa shape index (κ3) is 3.79. The molecule has 2 N–H and O–H groups in total. The summed E-state index contributed by atoms with van der Waals surface area (Å²) in [6, 6.07) is 3.18. The van der Waals surface area contributed by atoms with Gasteiger partial charge in [-0.1, -0.05) is 0 Å². The summed E-state index contributed by atoms with van der Waals surface area (Å²) in [4.78, 5) is 22.5. The molecule has 104 valence electrons. The van der Waals surface area contributed by atoms with Gasteiger partial charge in [0.25, 0.3) is 0 Å². The van der Waals surface area contributed by atoms with Crippen LogP contribution in [0.15, 0.2) is 12.1 Å². The quantitative estimate of drug-likeness (QED) is 0.793. The number of ether oxygens (including phenoxy) is 1. The van der Waals surface area contributed by atoms with E-state index in [1.54, 1.807) is 26.0 Å². The first kappa shape index (κ1) is 15.2. The molecule has 0 fully saturated rings. The SMILES string of the molecule is Cc1cc(C(=O)C(C)(C)O)cc(C)c1OCC(=O)O. The van der Waals surface area contributed by atoms with Crippen LogP contribution in [-0.2, 0) is 4.79 Å². The van der Waals surface area contributed by atoms with Crippen molar-refractivity contribution in [1.29, 1.82) is 0 Å². The molecule has 1 rings (SSSR count). The topological polar surface area (TPSA) is 83.8 Å². The number of aryl methyl sites for hydroxylation is 2. The van der Waals surface area contributed by atoms with E-state index in [1.807, 2.05) is 0 Å². The maximum atomic E-state index is 12.0. The Balaban J connectivity index is 3.10. The van der Waals surface area contributed by atoms with Crippen LogP contribution in [0.2, 0.25) is 0 Å². The van der Waals surface area contributed by atoms with Crippen molar-refractivity contribution in [2.75, 3.05) is 6.61 Å². The second-order valence-electron chi connectivity index (χ2n) is 5.01. The van der Waals surface area contributed by atoms with Crippen molar-refractivity contribution in [3.8, 4) is 5.75 Å². The molecule has 19 heavy (non-hydrogen) atoms. The van der Waals surface area contributed by atoms with E-state index < -0.39 is 18.2 Å². The average Bonchev–Trinajstić information content (AvgIpc) is 2.24. The van der Waals surface area contributed by atoms with E-state index >= 15 is 0 Å². The minimum Gasteiger partial charge on any atom is -0.481 e. The molecule has 1 aromatic rings. The maximum absolute atomic E-state index is 12.0. The van der Waals surface area contributed by atoms with Gasteiger partial charge in [0.15, 0.2) is 12.4 Å². The van der Waals surface area contributed by atoms with Crippen molar-refractivity contribution in [3.63, 3.8) is 0 Å². The second kappa shape index (κ2) is 5.40. The van der Waals surface area contributed by atoms with Gasteiger partial charge in [0.1, 0.15) is 11.4 Å². The molecule has 5 heteroatoms. The van der Waals surface area contributed by atoms with Gasteiger partial charge in [0.2, 0.25) is 0 Å². The minimum atomic E-state index is -1.44. The van der Waals surface area contributed by atoms with Crippen LogP contribution in [0.25, 0.3) is 0 Å². The predicted octanol–water partition coefficient (Wildman–Crippen LogP) is 1.72. The zero-order valence-electron chi connectivity index (χ0n) is 11.5. The largest absolute Gasteiger partial charge is 0.481 e. The van der Waals surface area contributed by atoms with Gasteiger partial charge in [-0.3, -0.25) is 4.79 Å². The number of carboxylic acid groups (broad SMARTS) is 1. The Morgan fingerprint density at radius 1 is 1.21 bits per heavy atom. The molecule has 0 aliphatic carbocycles. The summed E-state index contributed by atoms with van der Waals surface area (Å²) in [5.41, 5.74) is 0.260. The van der Waals surface area contributed by atoms with E-state index in [4.69, 9.17) is 9.84 Å². The number of carbonyl (C=O) groups excluding carboxylic acids is 1. The Hall–Kier alpha value is -1.88. The van der Waals surface area contributed by atoms with E-state index in [-0.39, 0.29) is 5.78 Å². The number of benzene rings is 1. The molecule has 0 aliphatic rings. The summed E-state index contributed by atoms with van der Waals surface area (Å²) < 4.78 is 5.18. The summed E-state index contributed by atoms with van der Waals surface area (Å²) in [6.45, 7) is 5.88. The van der Waals surface area contributed by atoms with Gasteiger partial charge in [-0.25, -0.2) is 4.79 Å². The Bertz CT molecular complexity index is 488. The number of carbonyl (C=O) groups is 2. The lowest BCUT2D eigenvalue weighted by Gasteiger charge is -2.18. The molecule has 0 aliphatic heterocycles. The van der Waals surface area contributed by atoms with Crippen molar-refractivity contribution >= 4 is 11.8 Å². The van der Waals surface area contributed by atoms with Crippen LogP contribution < -0.4 is 4.74 Å². The summed E-state index contributed by atoms with van der Waals surface area (Å²) in [7, 11) is 0. The van der Waals surface area contributed by atoms with Gasteiger partial charge in [-0.05, 0) is 51.0 Å². The molecule has 0 amide bonds. The van der Waals surface area contributed by atoms with Crippen LogP contribution in [-0.4, -0.2) is 34.2 Å². The Morgan fingerprint density at radius 2 is 1.68 bits per heavy atom. The highest BCUT2D eigenvalue weighted by Crippen LogP contribution is 2.26. The van der Waals surface area contributed by atoms with Gasteiger partial charge < -0.3 is 14.9 Å². The molecule has 0 spiro atoms. The van der Waals surface area contributed by atoms with Crippen LogP contribution in [0.4, 0.5) is 0 Å². The normalized spacial score (nSPS) is 11.2. The Labute approximate surface area is 111 Å².